The first-order chi connectivity index (χ1) is 7.22. The lowest BCUT2D eigenvalue weighted by Gasteiger charge is -2.11. The Hall–Kier alpha value is -1.40. The summed E-state index contributed by atoms with van der Waals surface area (Å²) in [6.45, 7) is 1.29. The van der Waals surface area contributed by atoms with Gasteiger partial charge in [0.25, 0.3) is 5.56 Å². The normalized spacial score (nSPS) is 20.7. The standard InChI is InChI=1S/C9H13N3O3/c10-3-6-4-12(7-1-2-15-5-7)9(14)11-8(6)13/h4,7H,1-3,5,10H2,(H,11,13,14). The van der Waals surface area contributed by atoms with Gasteiger partial charge in [-0.15, -0.1) is 0 Å². The second kappa shape index (κ2) is 4.00. The van der Waals surface area contributed by atoms with Crippen molar-refractivity contribution >= 4 is 0 Å². The molecule has 3 N–H and O–H groups in total. The first-order valence-electron chi connectivity index (χ1n) is 4.84. The summed E-state index contributed by atoms with van der Waals surface area (Å²) in [5, 5.41) is 0. The zero-order valence-corrected chi connectivity index (χ0v) is 8.23. The summed E-state index contributed by atoms with van der Waals surface area (Å²) in [6.07, 6.45) is 2.32. The van der Waals surface area contributed by atoms with E-state index in [1.807, 2.05) is 0 Å². The molecule has 1 aromatic rings. The number of rotatable bonds is 2. The van der Waals surface area contributed by atoms with Crippen molar-refractivity contribution in [3.63, 3.8) is 0 Å². The first kappa shape index (κ1) is 10.1. The van der Waals surface area contributed by atoms with Crippen molar-refractivity contribution in [2.24, 2.45) is 5.73 Å². The Kier molecular flexibility index (Phi) is 2.70. The summed E-state index contributed by atoms with van der Waals surface area (Å²) in [4.78, 5) is 25.0. The molecule has 1 aliphatic heterocycles. The van der Waals surface area contributed by atoms with E-state index in [2.05, 4.69) is 4.98 Å². The fourth-order valence-corrected chi connectivity index (χ4v) is 1.69. The van der Waals surface area contributed by atoms with E-state index in [0.717, 1.165) is 6.42 Å². The monoisotopic (exact) mass is 211 g/mol. The number of nitrogens with one attached hydrogen (secondary N) is 1. The molecule has 1 aliphatic rings. The first-order valence-corrected chi connectivity index (χ1v) is 4.84. The lowest BCUT2D eigenvalue weighted by Crippen LogP contribution is -2.34. The lowest BCUT2D eigenvalue weighted by atomic mass is 10.2. The van der Waals surface area contributed by atoms with Gasteiger partial charge in [0, 0.05) is 24.9 Å². The number of hydrogen-bond acceptors (Lipinski definition) is 4. The van der Waals surface area contributed by atoms with Crippen molar-refractivity contribution in [3.05, 3.63) is 32.6 Å². The number of nitrogens with two attached hydrogens (primary N) is 1. The summed E-state index contributed by atoms with van der Waals surface area (Å²) in [7, 11) is 0. The highest BCUT2D eigenvalue weighted by Gasteiger charge is 2.19. The smallest absolute Gasteiger partial charge is 0.328 e. The molecule has 0 radical (unpaired) electrons. The molecule has 82 valence electrons. The molecule has 2 rings (SSSR count). The largest absolute Gasteiger partial charge is 0.379 e. The van der Waals surface area contributed by atoms with Crippen LogP contribution in [0.2, 0.25) is 0 Å². The SMILES string of the molecule is NCc1cn(C2CCOC2)c(=O)[nH]c1=O. The highest BCUT2D eigenvalue weighted by Crippen LogP contribution is 2.15. The van der Waals surface area contributed by atoms with Crippen molar-refractivity contribution in [2.75, 3.05) is 13.2 Å². The van der Waals surface area contributed by atoms with E-state index in [9.17, 15) is 9.59 Å². The molecule has 0 bridgehead atoms. The van der Waals surface area contributed by atoms with Crippen molar-refractivity contribution < 1.29 is 4.74 Å². The van der Waals surface area contributed by atoms with E-state index in [0.29, 0.717) is 18.8 Å². The van der Waals surface area contributed by atoms with Crippen LogP contribution < -0.4 is 17.0 Å². The summed E-state index contributed by atoms with van der Waals surface area (Å²) in [5.41, 5.74) is 5.02. The van der Waals surface area contributed by atoms with E-state index >= 15 is 0 Å². The van der Waals surface area contributed by atoms with Crippen LogP contribution in [0.5, 0.6) is 0 Å². The van der Waals surface area contributed by atoms with Gasteiger partial charge in [-0.1, -0.05) is 0 Å². The quantitative estimate of drug-likeness (QED) is 0.653. The maximum Gasteiger partial charge on any atom is 0.328 e. The van der Waals surface area contributed by atoms with Crippen molar-refractivity contribution in [1.29, 1.82) is 0 Å². The van der Waals surface area contributed by atoms with Crippen LogP contribution in [0.3, 0.4) is 0 Å². The third-order valence-electron chi connectivity index (χ3n) is 2.56. The van der Waals surface area contributed by atoms with E-state index < -0.39 is 11.2 Å². The molecule has 0 saturated carbocycles. The second-order valence-electron chi connectivity index (χ2n) is 3.54. The number of ether oxygens (including phenoxy) is 1. The summed E-state index contributed by atoms with van der Waals surface area (Å²) in [5.74, 6) is 0. The van der Waals surface area contributed by atoms with E-state index in [4.69, 9.17) is 10.5 Å². The van der Waals surface area contributed by atoms with Gasteiger partial charge in [0.1, 0.15) is 0 Å². The Bertz CT molecular complexity index is 456. The van der Waals surface area contributed by atoms with E-state index in [-0.39, 0.29) is 12.6 Å². The molecule has 0 aliphatic carbocycles. The van der Waals surface area contributed by atoms with Gasteiger partial charge in [-0.2, -0.15) is 0 Å². The Labute approximate surface area is 85.7 Å². The number of nitrogens with zero attached hydrogens (tertiary/aromatic N) is 1. The number of aromatic amines is 1. The predicted molar refractivity (Wildman–Crippen MR) is 53.7 cm³/mol. The van der Waals surface area contributed by atoms with E-state index in [1.54, 1.807) is 0 Å². The molecule has 1 atom stereocenters. The Morgan fingerprint density at radius 3 is 3.00 bits per heavy atom. The van der Waals surface area contributed by atoms with Crippen LogP contribution in [0.4, 0.5) is 0 Å². The zero-order valence-electron chi connectivity index (χ0n) is 8.23. The molecule has 15 heavy (non-hydrogen) atoms. The number of H-pyrrole nitrogens is 1. The lowest BCUT2D eigenvalue weighted by molar-refractivity contribution is 0.185. The van der Waals surface area contributed by atoms with Gasteiger partial charge in [-0.3, -0.25) is 14.3 Å². The fraction of sp³-hybridized carbons (Fsp3) is 0.556. The average Bonchev–Trinajstić information content (AvgIpc) is 2.71. The Morgan fingerprint density at radius 2 is 2.40 bits per heavy atom. The minimum atomic E-state index is -0.405. The maximum atomic E-state index is 11.5. The number of hydrogen-bond donors (Lipinski definition) is 2. The van der Waals surface area contributed by atoms with Gasteiger partial charge in [-0.05, 0) is 6.42 Å². The fourth-order valence-electron chi connectivity index (χ4n) is 1.69. The molecule has 0 spiro atoms. The second-order valence-corrected chi connectivity index (χ2v) is 3.54. The summed E-state index contributed by atoms with van der Waals surface area (Å²) >= 11 is 0. The molecular formula is C9H13N3O3. The van der Waals surface area contributed by atoms with Crippen LogP contribution in [0, 0.1) is 0 Å². The highest BCUT2D eigenvalue weighted by atomic mass is 16.5. The van der Waals surface area contributed by atoms with Gasteiger partial charge < -0.3 is 10.5 Å². The van der Waals surface area contributed by atoms with Crippen molar-refractivity contribution in [3.8, 4) is 0 Å². The molecule has 6 heteroatoms. The number of aromatic nitrogens is 2. The molecule has 1 fully saturated rings. The minimum Gasteiger partial charge on any atom is -0.379 e. The molecule has 2 heterocycles. The minimum absolute atomic E-state index is 0.0136. The van der Waals surface area contributed by atoms with Gasteiger partial charge in [0.2, 0.25) is 0 Å². The maximum absolute atomic E-state index is 11.5. The van der Waals surface area contributed by atoms with Gasteiger partial charge in [0.05, 0.1) is 12.6 Å². The van der Waals surface area contributed by atoms with Gasteiger partial charge in [-0.25, -0.2) is 4.79 Å². The van der Waals surface area contributed by atoms with Crippen molar-refractivity contribution in [2.45, 2.75) is 19.0 Å². The van der Waals surface area contributed by atoms with Crippen LogP contribution in [-0.2, 0) is 11.3 Å². The van der Waals surface area contributed by atoms with Crippen LogP contribution >= 0.6 is 0 Å². The van der Waals surface area contributed by atoms with Gasteiger partial charge in [0.15, 0.2) is 0 Å². The zero-order chi connectivity index (χ0) is 10.8. The van der Waals surface area contributed by atoms with Crippen molar-refractivity contribution in [1.82, 2.24) is 9.55 Å². The highest BCUT2D eigenvalue weighted by molar-refractivity contribution is 5.04. The topological polar surface area (TPSA) is 90.1 Å². The van der Waals surface area contributed by atoms with Crippen LogP contribution in [0.15, 0.2) is 15.8 Å². The molecule has 1 saturated heterocycles. The summed E-state index contributed by atoms with van der Waals surface area (Å²) < 4.78 is 6.68. The Morgan fingerprint density at radius 1 is 1.60 bits per heavy atom. The van der Waals surface area contributed by atoms with Crippen LogP contribution in [0.25, 0.3) is 0 Å². The Balaban J connectivity index is 2.46. The van der Waals surface area contributed by atoms with Gasteiger partial charge >= 0.3 is 5.69 Å². The predicted octanol–water partition coefficient (Wildman–Crippen LogP) is -1.04. The van der Waals surface area contributed by atoms with Crippen LogP contribution in [-0.4, -0.2) is 22.8 Å². The molecule has 6 nitrogen and oxygen atoms in total. The summed E-state index contributed by atoms with van der Waals surface area (Å²) in [6, 6.07) is 0.0136. The molecule has 1 aromatic heterocycles. The molecular weight excluding hydrogens is 198 g/mol. The third-order valence-corrected chi connectivity index (χ3v) is 2.56. The molecule has 1 unspecified atom stereocenters. The van der Waals surface area contributed by atoms with E-state index in [1.165, 1.54) is 10.8 Å². The average molecular weight is 211 g/mol. The molecule has 0 amide bonds. The third kappa shape index (κ3) is 1.86. The molecule has 0 aromatic carbocycles. The van der Waals surface area contributed by atoms with Crippen LogP contribution in [0.1, 0.15) is 18.0 Å².